The van der Waals surface area contributed by atoms with E-state index in [0.29, 0.717) is 17.8 Å². The normalized spacial score (nSPS) is 20.7. The van der Waals surface area contributed by atoms with Gasteiger partial charge in [0.25, 0.3) is 0 Å². The van der Waals surface area contributed by atoms with Crippen molar-refractivity contribution in [1.82, 2.24) is 5.32 Å². The molecule has 2 unspecified atom stereocenters. The fourth-order valence-corrected chi connectivity index (χ4v) is 3.23. The number of thioether (sulfide) groups is 1. The van der Waals surface area contributed by atoms with Gasteiger partial charge in [-0.25, -0.2) is 0 Å². The molecule has 1 fully saturated rings. The van der Waals surface area contributed by atoms with Crippen molar-refractivity contribution in [3.8, 4) is 0 Å². The van der Waals surface area contributed by atoms with E-state index in [2.05, 4.69) is 19.2 Å². The molecular formula is C13H25NO2S. The molecule has 1 rings (SSSR count). The van der Waals surface area contributed by atoms with E-state index < -0.39 is 5.54 Å². The van der Waals surface area contributed by atoms with E-state index in [1.165, 1.54) is 0 Å². The highest BCUT2D eigenvalue weighted by Gasteiger charge is 2.51. The van der Waals surface area contributed by atoms with Crippen LogP contribution in [0.25, 0.3) is 0 Å². The Morgan fingerprint density at radius 1 is 1.53 bits per heavy atom. The van der Waals surface area contributed by atoms with Gasteiger partial charge in [0.2, 0.25) is 0 Å². The third-order valence-electron chi connectivity index (χ3n) is 3.53. The van der Waals surface area contributed by atoms with Gasteiger partial charge in [-0.15, -0.1) is 0 Å². The summed E-state index contributed by atoms with van der Waals surface area (Å²) < 4.78 is 5.25. The molecule has 0 aromatic carbocycles. The van der Waals surface area contributed by atoms with Crippen LogP contribution in [0, 0.1) is 5.92 Å². The molecule has 0 spiro atoms. The zero-order valence-corrected chi connectivity index (χ0v) is 12.2. The van der Waals surface area contributed by atoms with Crippen LogP contribution in [-0.4, -0.2) is 36.2 Å². The van der Waals surface area contributed by atoms with Crippen LogP contribution in [0.4, 0.5) is 0 Å². The summed E-state index contributed by atoms with van der Waals surface area (Å²) >= 11 is 1.87. The van der Waals surface area contributed by atoms with Crippen molar-refractivity contribution in [3.63, 3.8) is 0 Å². The quantitative estimate of drug-likeness (QED) is 0.680. The molecule has 1 aliphatic rings. The summed E-state index contributed by atoms with van der Waals surface area (Å²) in [5.41, 5.74) is -0.454. The first-order valence-electron chi connectivity index (χ1n) is 6.58. The summed E-state index contributed by atoms with van der Waals surface area (Å²) in [5, 5.41) is 3.84. The average Bonchev–Trinajstić information content (AvgIpc) is 3.15. The summed E-state index contributed by atoms with van der Waals surface area (Å²) in [7, 11) is 1.88. The second-order valence-corrected chi connectivity index (χ2v) is 6.17. The van der Waals surface area contributed by atoms with Crippen molar-refractivity contribution in [2.75, 3.05) is 19.4 Å². The summed E-state index contributed by atoms with van der Waals surface area (Å²) in [6, 6.07) is 0. The van der Waals surface area contributed by atoms with Gasteiger partial charge >= 0.3 is 5.97 Å². The Hall–Kier alpha value is -0.220. The Labute approximate surface area is 109 Å². The van der Waals surface area contributed by atoms with Crippen molar-refractivity contribution in [3.05, 3.63) is 0 Å². The van der Waals surface area contributed by atoms with Gasteiger partial charge in [-0.2, -0.15) is 11.8 Å². The predicted molar refractivity (Wildman–Crippen MR) is 73.4 cm³/mol. The molecule has 17 heavy (non-hydrogen) atoms. The number of hydrogen-bond donors (Lipinski definition) is 1. The number of likely N-dealkylation sites (N-methyl/N-ethyl adjacent to an activating group) is 1. The lowest BCUT2D eigenvalue weighted by Crippen LogP contribution is -2.55. The lowest BCUT2D eigenvalue weighted by Gasteiger charge is -2.31. The lowest BCUT2D eigenvalue weighted by molar-refractivity contribution is -0.150. The third kappa shape index (κ3) is 3.62. The third-order valence-corrected chi connectivity index (χ3v) is 5.05. The smallest absolute Gasteiger partial charge is 0.327 e. The largest absolute Gasteiger partial charge is 0.465 e. The number of rotatable bonds is 8. The number of nitrogens with one attached hydrogen (secondary N) is 1. The monoisotopic (exact) mass is 259 g/mol. The van der Waals surface area contributed by atoms with Gasteiger partial charge in [0.1, 0.15) is 5.54 Å². The molecule has 0 saturated heterocycles. The minimum absolute atomic E-state index is 0.0687. The van der Waals surface area contributed by atoms with Crippen molar-refractivity contribution in [2.24, 2.45) is 5.92 Å². The zero-order chi connectivity index (χ0) is 12.9. The predicted octanol–water partition coefficient (Wildman–Crippen LogP) is 2.45. The van der Waals surface area contributed by atoms with E-state index in [-0.39, 0.29) is 5.97 Å². The summed E-state index contributed by atoms with van der Waals surface area (Å²) in [5.74, 6) is 1.21. The van der Waals surface area contributed by atoms with E-state index in [1.54, 1.807) is 0 Å². The van der Waals surface area contributed by atoms with Crippen LogP contribution in [-0.2, 0) is 9.53 Å². The molecule has 4 heteroatoms. The molecule has 1 N–H and O–H groups in total. The maximum atomic E-state index is 12.2. The van der Waals surface area contributed by atoms with Gasteiger partial charge in [0.05, 0.1) is 6.61 Å². The van der Waals surface area contributed by atoms with Gasteiger partial charge in [0, 0.05) is 11.0 Å². The number of carbonyl (C=O) groups excluding carboxylic acids is 1. The Morgan fingerprint density at radius 2 is 2.18 bits per heavy atom. The summed E-state index contributed by atoms with van der Waals surface area (Å²) in [6.07, 6.45) is 3.42. The van der Waals surface area contributed by atoms with Crippen molar-refractivity contribution in [1.29, 1.82) is 0 Å². The van der Waals surface area contributed by atoms with Crippen LogP contribution in [0.5, 0.6) is 0 Å². The maximum absolute atomic E-state index is 12.2. The van der Waals surface area contributed by atoms with E-state index in [4.69, 9.17) is 4.74 Å². The number of ether oxygens (including phenoxy) is 1. The molecule has 0 aromatic heterocycles. The summed E-state index contributed by atoms with van der Waals surface area (Å²) in [6.45, 7) is 6.72. The van der Waals surface area contributed by atoms with Crippen LogP contribution in [0.1, 0.15) is 40.0 Å². The molecule has 0 radical (unpaired) electrons. The molecule has 0 heterocycles. The molecule has 0 amide bonds. The maximum Gasteiger partial charge on any atom is 0.327 e. The molecule has 0 bridgehead atoms. The molecule has 0 aliphatic heterocycles. The first kappa shape index (κ1) is 14.8. The fourth-order valence-electron chi connectivity index (χ4n) is 1.95. The molecule has 0 aromatic rings. The van der Waals surface area contributed by atoms with Crippen molar-refractivity contribution in [2.45, 2.75) is 50.8 Å². The molecular weight excluding hydrogens is 234 g/mol. The van der Waals surface area contributed by atoms with Crippen LogP contribution < -0.4 is 5.32 Å². The van der Waals surface area contributed by atoms with Gasteiger partial charge in [-0.05, 0) is 39.2 Å². The SMILES string of the molecule is CCOC(=O)C(CSC(C)CC)(NC)C1CC1. The number of hydrogen-bond acceptors (Lipinski definition) is 4. The molecule has 2 atom stereocenters. The van der Waals surface area contributed by atoms with E-state index in [1.807, 2.05) is 25.7 Å². The average molecular weight is 259 g/mol. The van der Waals surface area contributed by atoms with Gasteiger partial charge in [0.15, 0.2) is 0 Å². The second kappa shape index (κ2) is 6.64. The minimum Gasteiger partial charge on any atom is -0.465 e. The van der Waals surface area contributed by atoms with Crippen molar-refractivity contribution >= 4 is 17.7 Å². The first-order chi connectivity index (χ1) is 8.10. The second-order valence-electron chi connectivity index (χ2n) is 4.75. The van der Waals surface area contributed by atoms with Crippen LogP contribution in [0.15, 0.2) is 0 Å². The van der Waals surface area contributed by atoms with Gasteiger partial charge in [-0.3, -0.25) is 4.79 Å². The number of carbonyl (C=O) groups is 1. The fraction of sp³-hybridized carbons (Fsp3) is 0.923. The van der Waals surface area contributed by atoms with E-state index in [9.17, 15) is 4.79 Å². The number of esters is 1. The van der Waals surface area contributed by atoms with Crippen LogP contribution in [0.3, 0.4) is 0 Å². The molecule has 100 valence electrons. The van der Waals surface area contributed by atoms with Crippen molar-refractivity contribution < 1.29 is 9.53 Å². The molecule has 1 saturated carbocycles. The highest BCUT2D eigenvalue weighted by Crippen LogP contribution is 2.42. The summed E-state index contributed by atoms with van der Waals surface area (Å²) in [4.78, 5) is 12.2. The lowest BCUT2D eigenvalue weighted by atomic mass is 9.96. The van der Waals surface area contributed by atoms with Crippen LogP contribution >= 0.6 is 11.8 Å². The Bertz CT molecular complexity index is 256. The van der Waals surface area contributed by atoms with E-state index >= 15 is 0 Å². The zero-order valence-electron chi connectivity index (χ0n) is 11.4. The Kier molecular flexibility index (Phi) is 5.80. The standard InChI is InChI=1S/C13H25NO2S/c1-5-10(3)17-9-13(14-4,11-7-8-11)12(15)16-6-2/h10-11,14H,5-9H2,1-4H3. The highest BCUT2D eigenvalue weighted by molar-refractivity contribution is 8.00. The van der Waals surface area contributed by atoms with Crippen LogP contribution in [0.2, 0.25) is 0 Å². The topological polar surface area (TPSA) is 38.3 Å². The highest BCUT2D eigenvalue weighted by atomic mass is 32.2. The van der Waals surface area contributed by atoms with Gasteiger partial charge in [-0.1, -0.05) is 13.8 Å². The minimum atomic E-state index is -0.454. The molecule has 1 aliphatic carbocycles. The van der Waals surface area contributed by atoms with Gasteiger partial charge < -0.3 is 10.1 Å². The Morgan fingerprint density at radius 3 is 2.59 bits per heavy atom. The Balaban J connectivity index is 2.67. The molecule has 3 nitrogen and oxygen atoms in total. The first-order valence-corrected chi connectivity index (χ1v) is 7.63. The van der Waals surface area contributed by atoms with E-state index in [0.717, 1.165) is 25.0 Å².